The van der Waals surface area contributed by atoms with E-state index in [1.807, 2.05) is 18.8 Å². The number of hydrogen-bond acceptors (Lipinski definition) is 4. The predicted molar refractivity (Wildman–Crippen MR) is 129 cm³/mol. The minimum Gasteiger partial charge on any atom is -0.357 e. The van der Waals surface area contributed by atoms with Crippen molar-refractivity contribution in [2.45, 2.75) is 19.2 Å². The molecule has 0 atom stereocenters. The minimum atomic E-state index is 0. The fraction of sp³-hybridized carbons (Fsp3) is 0.350. The van der Waals surface area contributed by atoms with Gasteiger partial charge in [0.15, 0.2) is 5.96 Å². The van der Waals surface area contributed by atoms with Crippen LogP contribution in [0.4, 0.5) is 0 Å². The van der Waals surface area contributed by atoms with Crippen LogP contribution in [-0.4, -0.2) is 39.6 Å². The average Bonchev–Trinajstić information content (AvgIpc) is 3.10. The van der Waals surface area contributed by atoms with Crippen LogP contribution in [0.1, 0.15) is 18.3 Å². The van der Waals surface area contributed by atoms with Crippen molar-refractivity contribution in [3.63, 3.8) is 0 Å². The van der Waals surface area contributed by atoms with E-state index in [0.717, 1.165) is 36.4 Å². The maximum Gasteiger partial charge on any atom is 0.191 e. The zero-order chi connectivity index (χ0) is 18.9. The Morgan fingerprint density at radius 1 is 1.14 bits per heavy atom. The molecule has 0 amide bonds. The van der Waals surface area contributed by atoms with Crippen LogP contribution in [0, 0.1) is 0 Å². The number of aromatic nitrogens is 3. The van der Waals surface area contributed by atoms with Crippen molar-refractivity contribution < 1.29 is 0 Å². The normalized spacial score (nSPS) is 11.3. The van der Waals surface area contributed by atoms with Crippen molar-refractivity contribution in [1.82, 2.24) is 25.4 Å². The first-order valence-electron chi connectivity index (χ1n) is 9.17. The van der Waals surface area contributed by atoms with E-state index < -0.39 is 0 Å². The first kappa shape index (κ1) is 22.5. The van der Waals surface area contributed by atoms with Gasteiger partial charge in [0, 0.05) is 31.6 Å². The summed E-state index contributed by atoms with van der Waals surface area (Å²) in [5, 5.41) is 13.4. The number of hydrogen-bond donors (Lipinski definition) is 2. The molecule has 6 nitrogen and oxygen atoms in total. The summed E-state index contributed by atoms with van der Waals surface area (Å²) < 4.78 is 1.74. The molecule has 1 aromatic heterocycles. The highest BCUT2D eigenvalue weighted by molar-refractivity contribution is 14.0. The Bertz CT molecular complexity index is 890. The topological polar surface area (TPSA) is 67.1 Å². The summed E-state index contributed by atoms with van der Waals surface area (Å²) in [5.74, 6) is 3.68. The lowest BCUT2D eigenvalue weighted by Crippen LogP contribution is -2.38. The van der Waals surface area contributed by atoms with Crippen LogP contribution in [-0.2, 0) is 19.3 Å². The molecule has 0 bridgehead atoms. The molecule has 1 heterocycles. The Hall–Kier alpha value is -1.81. The molecule has 0 aliphatic rings. The SMILES string of the molecule is CCNC(=NCc1ncnn1C)NCCSCc1cccc2ccccc12.I. The maximum absolute atomic E-state index is 4.58. The van der Waals surface area contributed by atoms with Crippen molar-refractivity contribution in [3.8, 4) is 0 Å². The second-order valence-corrected chi connectivity index (χ2v) is 7.22. The van der Waals surface area contributed by atoms with E-state index in [2.05, 4.69) is 75.1 Å². The molecule has 0 saturated heterocycles. The zero-order valence-corrected chi connectivity index (χ0v) is 19.4. The van der Waals surface area contributed by atoms with Gasteiger partial charge in [-0.25, -0.2) is 9.98 Å². The van der Waals surface area contributed by atoms with Crippen LogP contribution in [0.2, 0.25) is 0 Å². The number of guanidine groups is 1. The van der Waals surface area contributed by atoms with E-state index >= 15 is 0 Å². The van der Waals surface area contributed by atoms with Crippen LogP contribution in [0.5, 0.6) is 0 Å². The first-order valence-corrected chi connectivity index (χ1v) is 10.3. The number of nitrogens with one attached hydrogen (secondary N) is 2. The summed E-state index contributed by atoms with van der Waals surface area (Å²) in [4.78, 5) is 8.78. The van der Waals surface area contributed by atoms with Crippen molar-refractivity contribution in [1.29, 1.82) is 0 Å². The van der Waals surface area contributed by atoms with Crippen molar-refractivity contribution in [2.24, 2.45) is 12.0 Å². The van der Waals surface area contributed by atoms with Crippen LogP contribution >= 0.6 is 35.7 Å². The number of aliphatic imine (C=N–C) groups is 1. The molecule has 0 unspecified atom stereocenters. The Balaban J connectivity index is 0.00000280. The van der Waals surface area contributed by atoms with Crippen molar-refractivity contribution in [3.05, 3.63) is 60.2 Å². The highest BCUT2D eigenvalue weighted by Crippen LogP contribution is 2.22. The maximum atomic E-state index is 4.58. The molecule has 8 heteroatoms. The van der Waals surface area contributed by atoms with Crippen LogP contribution in [0.25, 0.3) is 10.8 Å². The highest BCUT2D eigenvalue weighted by atomic mass is 127. The number of nitrogens with zero attached hydrogens (tertiary/aromatic N) is 4. The number of rotatable bonds is 8. The third kappa shape index (κ3) is 6.37. The summed E-state index contributed by atoms with van der Waals surface area (Å²) in [7, 11) is 1.88. The van der Waals surface area contributed by atoms with E-state index in [9.17, 15) is 0 Å². The summed E-state index contributed by atoms with van der Waals surface area (Å²) in [5.41, 5.74) is 1.39. The van der Waals surface area contributed by atoms with Gasteiger partial charge in [-0.3, -0.25) is 4.68 Å². The molecule has 2 N–H and O–H groups in total. The third-order valence-corrected chi connectivity index (χ3v) is 5.21. The minimum absolute atomic E-state index is 0. The van der Waals surface area contributed by atoms with Crippen molar-refractivity contribution >= 4 is 52.5 Å². The smallest absolute Gasteiger partial charge is 0.191 e. The summed E-state index contributed by atoms with van der Waals surface area (Å²) >= 11 is 1.93. The van der Waals surface area contributed by atoms with Gasteiger partial charge in [0.2, 0.25) is 0 Å². The van der Waals surface area contributed by atoms with Gasteiger partial charge in [-0.15, -0.1) is 24.0 Å². The van der Waals surface area contributed by atoms with E-state index in [1.165, 1.54) is 16.3 Å². The van der Waals surface area contributed by atoms with Crippen molar-refractivity contribution in [2.75, 3.05) is 18.8 Å². The molecule has 2 aromatic carbocycles. The van der Waals surface area contributed by atoms with E-state index in [1.54, 1.807) is 11.0 Å². The van der Waals surface area contributed by atoms with Gasteiger partial charge < -0.3 is 10.6 Å². The molecule has 0 aliphatic heterocycles. The Morgan fingerprint density at radius 3 is 2.75 bits per heavy atom. The standard InChI is InChI=1S/C20H26N6S.HI/c1-3-21-20(23-13-19-24-15-25-26(19)2)22-11-12-27-14-17-9-6-8-16-7-4-5-10-18(16)17;/h4-10,15H,3,11-14H2,1-2H3,(H2,21,22,23);1H. The molecule has 0 saturated carbocycles. The molecule has 0 aliphatic carbocycles. The van der Waals surface area contributed by atoms with Gasteiger partial charge in [-0.1, -0.05) is 42.5 Å². The van der Waals surface area contributed by atoms with Gasteiger partial charge >= 0.3 is 0 Å². The Kier molecular flexibility index (Phi) is 9.56. The average molecular weight is 510 g/mol. The third-order valence-electron chi connectivity index (χ3n) is 4.20. The molecule has 3 aromatic rings. The predicted octanol–water partition coefficient (Wildman–Crippen LogP) is 3.57. The van der Waals surface area contributed by atoms with Gasteiger partial charge in [-0.2, -0.15) is 16.9 Å². The fourth-order valence-corrected chi connectivity index (χ4v) is 3.66. The fourth-order valence-electron chi connectivity index (χ4n) is 2.80. The Labute approximate surface area is 187 Å². The quantitative estimate of drug-likeness (QED) is 0.210. The van der Waals surface area contributed by atoms with Gasteiger partial charge in [-0.05, 0) is 23.3 Å². The van der Waals surface area contributed by atoms with Crippen LogP contribution in [0.15, 0.2) is 53.8 Å². The van der Waals surface area contributed by atoms with Gasteiger partial charge in [0.1, 0.15) is 18.7 Å². The molecular formula is C20H27IN6S. The molecule has 28 heavy (non-hydrogen) atoms. The lowest BCUT2D eigenvalue weighted by atomic mass is 10.1. The molecule has 0 fully saturated rings. The second kappa shape index (κ2) is 11.9. The number of halogens is 1. The summed E-state index contributed by atoms with van der Waals surface area (Å²) in [6, 6.07) is 15.1. The zero-order valence-electron chi connectivity index (χ0n) is 16.3. The van der Waals surface area contributed by atoms with E-state index in [-0.39, 0.29) is 24.0 Å². The molecular weight excluding hydrogens is 483 g/mol. The lowest BCUT2D eigenvalue weighted by molar-refractivity contribution is 0.698. The first-order chi connectivity index (χ1) is 13.3. The monoisotopic (exact) mass is 510 g/mol. The van der Waals surface area contributed by atoms with E-state index in [4.69, 9.17) is 0 Å². The number of aryl methyl sites for hydroxylation is 1. The summed E-state index contributed by atoms with van der Waals surface area (Å²) in [6.07, 6.45) is 1.55. The number of benzene rings is 2. The second-order valence-electron chi connectivity index (χ2n) is 6.11. The van der Waals surface area contributed by atoms with Gasteiger partial charge in [0.25, 0.3) is 0 Å². The van der Waals surface area contributed by atoms with Crippen LogP contribution in [0.3, 0.4) is 0 Å². The summed E-state index contributed by atoms with van der Waals surface area (Å²) in [6.45, 7) is 4.26. The molecule has 150 valence electrons. The number of thioether (sulfide) groups is 1. The number of fused-ring (bicyclic) bond motifs is 1. The largest absolute Gasteiger partial charge is 0.357 e. The van der Waals surface area contributed by atoms with Crippen LogP contribution < -0.4 is 10.6 Å². The molecule has 3 rings (SSSR count). The molecule has 0 radical (unpaired) electrons. The van der Waals surface area contributed by atoms with E-state index in [0.29, 0.717) is 6.54 Å². The molecule has 0 spiro atoms. The highest BCUT2D eigenvalue weighted by Gasteiger charge is 2.03. The Morgan fingerprint density at radius 2 is 1.96 bits per heavy atom. The van der Waals surface area contributed by atoms with Gasteiger partial charge in [0.05, 0.1) is 0 Å². The lowest BCUT2D eigenvalue weighted by Gasteiger charge is -2.11.